The Morgan fingerprint density at radius 2 is 2.11 bits per heavy atom. The van der Waals surface area contributed by atoms with Gasteiger partial charge in [-0.3, -0.25) is 4.79 Å². The Kier molecular flexibility index (Phi) is 4.68. The van der Waals surface area contributed by atoms with Gasteiger partial charge in [-0.05, 0) is 43.7 Å². The number of hydrogen-bond donors (Lipinski definition) is 2. The number of ether oxygens (including phenoxy) is 1. The quantitative estimate of drug-likeness (QED) is 0.701. The lowest BCUT2D eigenvalue weighted by molar-refractivity contribution is 0.0926. The van der Waals surface area contributed by atoms with E-state index >= 15 is 0 Å². The van der Waals surface area contributed by atoms with E-state index in [9.17, 15) is 4.79 Å². The normalized spacial score (nSPS) is 13.1. The lowest BCUT2D eigenvalue weighted by Gasteiger charge is -2.17. The third-order valence-corrected chi connectivity index (χ3v) is 5.22. The van der Waals surface area contributed by atoms with Crippen LogP contribution in [0.1, 0.15) is 21.7 Å². The number of rotatable bonds is 4. The van der Waals surface area contributed by atoms with Crippen molar-refractivity contribution in [2.75, 3.05) is 19.0 Å². The van der Waals surface area contributed by atoms with Gasteiger partial charge >= 0.3 is 0 Å². The highest BCUT2D eigenvalue weighted by Gasteiger charge is 2.26. The molecule has 2 aromatic heterocycles. The number of fused-ring (bicyclic) bond motifs is 1. The first-order chi connectivity index (χ1) is 13.5. The van der Waals surface area contributed by atoms with Gasteiger partial charge in [0.15, 0.2) is 0 Å². The van der Waals surface area contributed by atoms with Crippen molar-refractivity contribution in [3.63, 3.8) is 0 Å². The van der Waals surface area contributed by atoms with Crippen molar-refractivity contribution in [1.29, 1.82) is 0 Å². The Balaban J connectivity index is 1.70. The summed E-state index contributed by atoms with van der Waals surface area (Å²) in [6.45, 7) is 5.36. The van der Waals surface area contributed by atoms with E-state index < -0.39 is 0 Å². The standard InChI is InChI=1S/C20H20ClN5O2/c1-11-17(12(2)26-9-8-22-19(27)18(11)26)15-6-7-23-20(25-15)24-13-4-5-16(28-3)14(21)10-13/h4-7,10H,8-9H2,1-3H3,(H,22,27)(H,23,24,25). The van der Waals surface area contributed by atoms with E-state index in [0.717, 1.165) is 34.7 Å². The smallest absolute Gasteiger partial charge is 0.268 e. The number of carbonyl (C=O) groups excluding carboxylic acids is 1. The van der Waals surface area contributed by atoms with Crippen molar-refractivity contribution in [3.8, 4) is 17.0 Å². The number of carbonyl (C=O) groups is 1. The van der Waals surface area contributed by atoms with Crippen molar-refractivity contribution >= 4 is 29.1 Å². The second kappa shape index (κ2) is 7.16. The third-order valence-electron chi connectivity index (χ3n) is 4.92. The summed E-state index contributed by atoms with van der Waals surface area (Å²) < 4.78 is 7.23. The summed E-state index contributed by atoms with van der Waals surface area (Å²) in [7, 11) is 1.57. The molecule has 0 unspecified atom stereocenters. The summed E-state index contributed by atoms with van der Waals surface area (Å²) >= 11 is 6.19. The van der Waals surface area contributed by atoms with E-state index in [1.54, 1.807) is 25.4 Å². The molecule has 3 heterocycles. The topological polar surface area (TPSA) is 81.1 Å². The average Bonchev–Trinajstić information content (AvgIpc) is 2.94. The molecule has 0 radical (unpaired) electrons. The first-order valence-electron chi connectivity index (χ1n) is 8.91. The molecular weight excluding hydrogens is 378 g/mol. The average molecular weight is 398 g/mol. The van der Waals surface area contributed by atoms with Crippen LogP contribution in [-0.4, -0.2) is 34.1 Å². The molecule has 7 nitrogen and oxygen atoms in total. The van der Waals surface area contributed by atoms with Crippen LogP contribution in [0.5, 0.6) is 5.75 Å². The second-order valence-corrected chi connectivity index (χ2v) is 6.99. The summed E-state index contributed by atoms with van der Waals surface area (Å²) in [5.41, 5.74) is 5.14. The van der Waals surface area contributed by atoms with Crippen LogP contribution in [0.2, 0.25) is 5.02 Å². The summed E-state index contributed by atoms with van der Waals surface area (Å²) in [6, 6.07) is 7.24. The molecule has 28 heavy (non-hydrogen) atoms. The maximum Gasteiger partial charge on any atom is 0.268 e. The summed E-state index contributed by atoms with van der Waals surface area (Å²) in [6.07, 6.45) is 1.70. The van der Waals surface area contributed by atoms with E-state index in [-0.39, 0.29) is 5.91 Å². The Labute approximate surface area is 167 Å². The maximum atomic E-state index is 12.3. The van der Waals surface area contributed by atoms with E-state index in [2.05, 4.69) is 25.2 Å². The molecule has 1 amide bonds. The predicted octanol–water partition coefficient (Wildman–Crippen LogP) is 3.71. The molecule has 0 bridgehead atoms. The first kappa shape index (κ1) is 18.3. The van der Waals surface area contributed by atoms with Crippen LogP contribution in [0.4, 0.5) is 11.6 Å². The Bertz CT molecular complexity index is 1080. The highest BCUT2D eigenvalue weighted by Crippen LogP contribution is 2.33. The molecule has 4 rings (SSSR count). The molecule has 1 aromatic carbocycles. The van der Waals surface area contributed by atoms with E-state index in [0.29, 0.717) is 29.0 Å². The van der Waals surface area contributed by atoms with E-state index in [4.69, 9.17) is 16.3 Å². The van der Waals surface area contributed by atoms with E-state index in [1.807, 2.05) is 26.0 Å². The van der Waals surface area contributed by atoms with Gasteiger partial charge in [-0.1, -0.05) is 11.6 Å². The van der Waals surface area contributed by atoms with Crippen LogP contribution >= 0.6 is 11.6 Å². The van der Waals surface area contributed by atoms with Gasteiger partial charge in [-0.15, -0.1) is 0 Å². The van der Waals surface area contributed by atoms with Gasteiger partial charge in [0, 0.05) is 36.2 Å². The number of anilines is 2. The number of nitrogens with zero attached hydrogens (tertiary/aromatic N) is 3. The molecule has 0 atom stereocenters. The highest BCUT2D eigenvalue weighted by molar-refractivity contribution is 6.32. The number of nitrogens with one attached hydrogen (secondary N) is 2. The zero-order valence-electron chi connectivity index (χ0n) is 15.8. The van der Waals surface area contributed by atoms with Crippen molar-refractivity contribution in [3.05, 3.63) is 52.4 Å². The minimum atomic E-state index is -0.0432. The lowest BCUT2D eigenvalue weighted by atomic mass is 10.1. The molecule has 0 aliphatic carbocycles. The molecular formula is C20H20ClN5O2. The van der Waals surface area contributed by atoms with E-state index in [1.165, 1.54) is 0 Å². The van der Waals surface area contributed by atoms with Gasteiger partial charge in [0.2, 0.25) is 5.95 Å². The molecule has 3 aromatic rings. The van der Waals surface area contributed by atoms with Gasteiger partial charge in [0.25, 0.3) is 5.91 Å². The SMILES string of the molecule is COc1ccc(Nc2nccc(-c3c(C)c4n(c3C)CCNC4=O)n2)cc1Cl. The van der Waals surface area contributed by atoms with Crippen molar-refractivity contribution in [2.24, 2.45) is 0 Å². The van der Waals surface area contributed by atoms with Gasteiger partial charge < -0.3 is 19.9 Å². The summed E-state index contributed by atoms with van der Waals surface area (Å²) in [5.74, 6) is 1.01. The number of halogens is 1. The second-order valence-electron chi connectivity index (χ2n) is 6.58. The van der Waals surface area contributed by atoms with Crippen LogP contribution in [0.25, 0.3) is 11.3 Å². The molecule has 144 valence electrons. The Morgan fingerprint density at radius 1 is 1.29 bits per heavy atom. The maximum absolute atomic E-state index is 12.3. The lowest BCUT2D eigenvalue weighted by Crippen LogP contribution is -2.35. The summed E-state index contributed by atoms with van der Waals surface area (Å²) in [4.78, 5) is 21.3. The molecule has 0 saturated heterocycles. The monoisotopic (exact) mass is 397 g/mol. The number of hydrogen-bond acceptors (Lipinski definition) is 5. The van der Waals surface area contributed by atoms with Crippen LogP contribution in [-0.2, 0) is 6.54 Å². The van der Waals surface area contributed by atoms with Crippen LogP contribution in [0, 0.1) is 13.8 Å². The molecule has 0 fully saturated rings. The zero-order chi connectivity index (χ0) is 19.8. The van der Waals surface area contributed by atoms with Crippen LogP contribution < -0.4 is 15.4 Å². The Hall–Kier alpha value is -3.06. The third kappa shape index (κ3) is 3.07. The first-order valence-corrected chi connectivity index (χ1v) is 9.29. The fourth-order valence-corrected chi connectivity index (χ4v) is 3.90. The minimum Gasteiger partial charge on any atom is -0.495 e. The van der Waals surface area contributed by atoms with Crippen LogP contribution in [0.3, 0.4) is 0 Å². The van der Waals surface area contributed by atoms with Gasteiger partial charge in [0.05, 0.1) is 17.8 Å². The minimum absolute atomic E-state index is 0.0432. The highest BCUT2D eigenvalue weighted by atomic mass is 35.5. The molecule has 1 aliphatic rings. The molecule has 0 saturated carbocycles. The molecule has 2 N–H and O–H groups in total. The van der Waals surface area contributed by atoms with Gasteiger partial charge in [-0.2, -0.15) is 0 Å². The molecule has 1 aliphatic heterocycles. The fourth-order valence-electron chi connectivity index (χ4n) is 3.64. The summed E-state index contributed by atoms with van der Waals surface area (Å²) in [5, 5.41) is 6.57. The van der Waals surface area contributed by atoms with Gasteiger partial charge in [0.1, 0.15) is 11.4 Å². The van der Waals surface area contributed by atoms with Crippen molar-refractivity contribution < 1.29 is 9.53 Å². The van der Waals surface area contributed by atoms with Gasteiger partial charge in [-0.25, -0.2) is 9.97 Å². The number of aromatic nitrogens is 3. The largest absolute Gasteiger partial charge is 0.495 e. The predicted molar refractivity (Wildman–Crippen MR) is 109 cm³/mol. The molecule has 8 heteroatoms. The van der Waals surface area contributed by atoms with Crippen molar-refractivity contribution in [2.45, 2.75) is 20.4 Å². The fraction of sp³-hybridized carbons (Fsp3) is 0.250. The number of amides is 1. The zero-order valence-corrected chi connectivity index (χ0v) is 16.6. The van der Waals surface area contributed by atoms with Crippen LogP contribution in [0.15, 0.2) is 30.5 Å². The number of benzene rings is 1. The van der Waals surface area contributed by atoms with Crippen molar-refractivity contribution in [1.82, 2.24) is 19.9 Å². The Morgan fingerprint density at radius 3 is 2.82 bits per heavy atom. The molecule has 0 spiro atoms. The number of methoxy groups -OCH3 is 1.